The third-order valence-electron chi connectivity index (χ3n) is 5.09. The highest BCUT2D eigenvalue weighted by molar-refractivity contribution is 8.00. The van der Waals surface area contributed by atoms with Gasteiger partial charge in [0.25, 0.3) is 0 Å². The van der Waals surface area contributed by atoms with E-state index in [1.807, 2.05) is 31.2 Å². The van der Waals surface area contributed by atoms with Gasteiger partial charge in [0.2, 0.25) is 0 Å². The van der Waals surface area contributed by atoms with E-state index in [1.54, 1.807) is 7.11 Å². The van der Waals surface area contributed by atoms with Gasteiger partial charge in [-0.1, -0.05) is 29.4 Å². The number of carbonyl (C=O) groups is 1. The van der Waals surface area contributed by atoms with Gasteiger partial charge in [0.1, 0.15) is 16.9 Å². The van der Waals surface area contributed by atoms with Crippen LogP contribution >= 0.6 is 23.4 Å². The Morgan fingerprint density at radius 3 is 2.73 bits per heavy atom. The summed E-state index contributed by atoms with van der Waals surface area (Å²) in [5, 5.41) is 10.8. The molecule has 5 nitrogen and oxygen atoms in total. The van der Waals surface area contributed by atoms with E-state index in [2.05, 4.69) is 16.0 Å². The normalized spacial score (nSPS) is 13.9. The van der Waals surface area contributed by atoms with Crippen LogP contribution in [0.4, 0.5) is 5.69 Å². The Balaban J connectivity index is 1.64. The summed E-state index contributed by atoms with van der Waals surface area (Å²) in [7, 11) is 1.59. The molecule has 2 aromatic rings. The minimum atomic E-state index is 0.0716. The average molecular weight is 444 g/mol. The summed E-state index contributed by atoms with van der Waals surface area (Å²) in [4.78, 5) is 19.3. The topological polar surface area (TPSA) is 66.2 Å². The first-order valence-electron chi connectivity index (χ1n) is 10.1. The second-order valence-corrected chi connectivity index (χ2v) is 8.86. The number of benzene rings is 1. The molecule has 0 bridgehead atoms. The Labute approximate surface area is 187 Å². The molecule has 1 aromatic carbocycles. The monoisotopic (exact) mass is 443 g/mol. The van der Waals surface area contributed by atoms with Crippen LogP contribution in [-0.2, 0) is 22.6 Å². The molecule has 0 N–H and O–H groups in total. The SMILES string of the molecule is COCc1cc(C)nc(SCC(=O)Cc2ccc(N3CCCCC3)c(Cl)c2)c1C#N. The first kappa shape index (κ1) is 22.6. The lowest BCUT2D eigenvalue weighted by Gasteiger charge is -2.29. The molecule has 0 atom stereocenters. The number of nitriles is 1. The smallest absolute Gasteiger partial charge is 0.147 e. The number of hydrogen-bond acceptors (Lipinski definition) is 6. The van der Waals surface area contributed by atoms with Crippen LogP contribution in [0.3, 0.4) is 0 Å². The number of aromatic nitrogens is 1. The summed E-state index contributed by atoms with van der Waals surface area (Å²) >= 11 is 7.81. The van der Waals surface area contributed by atoms with Gasteiger partial charge in [0.05, 0.1) is 28.6 Å². The van der Waals surface area contributed by atoms with Gasteiger partial charge in [0, 0.05) is 32.3 Å². The molecule has 1 fully saturated rings. The summed E-state index contributed by atoms with van der Waals surface area (Å²) in [5.41, 5.74) is 4.03. The van der Waals surface area contributed by atoms with E-state index < -0.39 is 0 Å². The molecule has 0 spiro atoms. The lowest BCUT2D eigenvalue weighted by Crippen LogP contribution is -2.29. The number of thioether (sulfide) groups is 1. The minimum absolute atomic E-state index is 0.0716. The summed E-state index contributed by atoms with van der Waals surface area (Å²) in [6, 6.07) is 9.95. The van der Waals surface area contributed by atoms with Crippen LogP contribution in [0.15, 0.2) is 29.3 Å². The van der Waals surface area contributed by atoms with Crippen molar-refractivity contribution in [3.8, 4) is 6.07 Å². The van der Waals surface area contributed by atoms with E-state index in [4.69, 9.17) is 16.3 Å². The molecule has 1 aromatic heterocycles. The number of aryl methyl sites for hydroxylation is 1. The molecule has 2 heterocycles. The zero-order valence-corrected chi connectivity index (χ0v) is 19.0. The minimum Gasteiger partial charge on any atom is -0.380 e. The summed E-state index contributed by atoms with van der Waals surface area (Å²) in [5.74, 6) is 0.325. The summed E-state index contributed by atoms with van der Waals surface area (Å²) in [6.07, 6.45) is 3.97. The van der Waals surface area contributed by atoms with Crippen molar-refractivity contribution in [2.45, 2.75) is 44.2 Å². The molecule has 1 aliphatic heterocycles. The van der Waals surface area contributed by atoms with Crippen molar-refractivity contribution >= 4 is 34.8 Å². The molecular weight excluding hydrogens is 418 g/mol. The summed E-state index contributed by atoms with van der Waals surface area (Å²) < 4.78 is 5.18. The lowest BCUT2D eigenvalue weighted by molar-refractivity contribution is -0.116. The number of Topliss-reactive ketones (excluding diaryl/α,β-unsaturated/α-hetero) is 1. The maximum Gasteiger partial charge on any atom is 0.147 e. The van der Waals surface area contributed by atoms with E-state index in [9.17, 15) is 10.1 Å². The number of ketones is 1. The van der Waals surface area contributed by atoms with E-state index in [0.29, 0.717) is 28.6 Å². The molecule has 30 heavy (non-hydrogen) atoms. The number of carbonyl (C=O) groups excluding carboxylic acids is 1. The number of methoxy groups -OCH3 is 1. The number of nitrogens with zero attached hydrogens (tertiary/aromatic N) is 3. The zero-order chi connectivity index (χ0) is 21.5. The van der Waals surface area contributed by atoms with Crippen LogP contribution < -0.4 is 4.90 Å². The van der Waals surface area contributed by atoms with Gasteiger partial charge in [0.15, 0.2) is 0 Å². The van der Waals surface area contributed by atoms with Gasteiger partial charge in [-0.05, 0) is 55.5 Å². The van der Waals surface area contributed by atoms with E-state index >= 15 is 0 Å². The Kier molecular flexibility index (Phi) is 8.15. The molecular formula is C23H26ClN3O2S. The van der Waals surface area contributed by atoms with Crippen molar-refractivity contribution in [3.05, 3.63) is 51.7 Å². The molecule has 158 valence electrons. The van der Waals surface area contributed by atoms with Gasteiger partial charge in [-0.3, -0.25) is 4.79 Å². The molecule has 7 heteroatoms. The van der Waals surface area contributed by atoms with Gasteiger partial charge in [-0.2, -0.15) is 5.26 Å². The van der Waals surface area contributed by atoms with Crippen LogP contribution in [-0.4, -0.2) is 36.7 Å². The highest BCUT2D eigenvalue weighted by Gasteiger charge is 2.16. The molecule has 1 aliphatic rings. The highest BCUT2D eigenvalue weighted by Crippen LogP contribution is 2.30. The van der Waals surface area contributed by atoms with Gasteiger partial charge in [-0.15, -0.1) is 0 Å². The highest BCUT2D eigenvalue weighted by atomic mass is 35.5. The first-order chi connectivity index (χ1) is 14.5. The van der Waals surface area contributed by atoms with Gasteiger partial charge >= 0.3 is 0 Å². The molecule has 0 radical (unpaired) electrons. The Morgan fingerprint density at radius 1 is 1.30 bits per heavy atom. The molecule has 0 saturated carbocycles. The van der Waals surface area contributed by atoms with E-state index in [0.717, 1.165) is 35.6 Å². The van der Waals surface area contributed by atoms with Gasteiger partial charge < -0.3 is 9.64 Å². The largest absolute Gasteiger partial charge is 0.380 e. The fourth-order valence-corrected chi connectivity index (χ4v) is 4.93. The Morgan fingerprint density at radius 2 is 2.07 bits per heavy atom. The van der Waals surface area contributed by atoms with Crippen molar-refractivity contribution in [1.82, 2.24) is 4.98 Å². The van der Waals surface area contributed by atoms with Gasteiger partial charge in [-0.25, -0.2) is 4.98 Å². The maximum absolute atomic E-state index is 12.6. The van der Waals surface area contributed by atoms with Crippen LogP contribution in [0.25, 0.3) is 0 Å². The molecule has 0 aliphatic carbocycles. The predicted octanol–water partition coefficient (Wildman–Crippen LogP) is 4.96. The van der Waals surface area contributed by atoms with Crippen LogP contribution in [0.1, 0.15) is 41.6 Å². The number of pyridine rings is 1. The lowest BCUT2D eigenvalue weighted by atomic mass is 10.1. The first-order valence-corrected chi connectivity index (χ1v) is 11.5. The molecule has 1 saturated heterocycles. The number of rotatable bonds is 8. The Bertz CT molecular complexity index is 952. The second kappa shape index (κ2) is 10.8. The molecule has 0 amide bonds. The summed E-state index contributed by atoms with van der Waals surface area (Å²) in [6.45, 7) is 4.28. The number of piperidine rings is 1. The Hall–Kier alpha value is -2.07. The van der Waals surface area contributed by atoms with Crippen LogP contribution in [0.2, 0.25) is 5.02 Å². The zero-order valence-electron chi connectivity index (χ0n) is 17.4. The number of ether oxygens (including phenoxy) is 1. The van der Waals surface area contributed by atoms with E-state index in [1.165, 1.54) is 31.0 Å². The van der Waals surface area contributed by atoms with E-state index in [-0.39, 0.29) is 11.5 Å². The fraction of sp³-hybridized carbons (Fsp3) is 0.435. The van der Waals surface area contributed by atoms with Crippen molar-refractivity contribution in [3.63, 3.8) is 0 Å². The van der Waals surface area contributed by atoms with Crippen molar-refractivity contribution in [2.24, 2.45) is 0 Å². The molecule has 3 rings (SSSR count). The third kappa shape index (κ3) is 5.75. The van der Waals surface area contributed by atoms with Crippen LogP contribution in [0.5, 0.6) is 0 Å². The second-order valence-electron chi connectivity index (χ2n) is 7.49. The van der Waals surface area contributed by atoms with Crippen molar-refractivity contribution in [2.75, 3.05) is 30.9 Å². The number of anilines is 1. The predicted molar refractivity (Wildman–Crippen MR) is 121 cm³/mol. The number of hydrogen-bond donors (Lipinski definition) is 0. The number of halogens is 1. The maximum atomic E-state index is 12.6. The fourth-order valence-electron chi connectivity index (χ4n) is 3.68. The quantitative estimate of drug-likeness (QED) is 0.537. The van der Waals surface area contributed by atoms with Crippen molar-refractivity contribution < 1.29 is 9.53 Å². The average Bonchev–Trinajstić information content (AvgIpc) is 2.73. The standard InChI is InChI=1S/C23H26ClN3O2S/c1-16-10-18(14-29-2)20(13-25)23(26-16)30-15-19(28)11-17-6-7-22(21(24)12-17)27-8-4-3-5-9-27/h6-7,10,12H,3-5,8-9,11,14-15H2,1-2H3. The van der Waals surface area contributed by atoms with Crippen molar-refractivity contribution in [1.29, 1.82) is 5.26 Å². The van der Waals surface area contributed by atoms with Crippen LogP contribution in [0, 0.1) is 18.3 Å². The third-order valence-corrected chi connectivity index (χ3v) is 6.43. The molecule has 0 unspecified atom stereocenters.